The summed E-state index contributed by atoms with van der Waals surface area (Å²) in [4.78, 5) is 13.0. The third kappa shape index (κ3) is 3.48. The van der Waals surface area contributed by atoms with Crippen LogP contribution in [0.15, 0.2) is 34.1 Å². The number of benzene rings is 1. The van der Waals surface area contributed by atoms with E-state index in [2.05, 4.69) is 21.2 Å². The highest BCUT2D eigenvalue weighted by Crippen LogP contribution is 2.22. The number of carbonyl (C=O) groups excluding carboxylic acids is 1. The van der Waals surface area contributed by atoms with Crippen LogP contribution >= 0.6 is 50.5 Å². The zero-order valence-electron chi connectivity index (χ0n) is 9.04. The minimum Gasteiger partial charge on any atom is -0.347 e. The zero-order chi connectivity index (χ0) is 13.1. The monoisotopic (exact) mass is 363 g/mol. The summed E-state index contributed by atoms with van der Waals surface area (Å²) in [7, 11) is 0. The Kier molecular flexibility index (Phi) is 4.67. The molecule has 0 atom stereocenters. The van der Waals surface area contributed by atoms with Gasteiger partial charge in [-0.1, -0.05) is 23.2 Å². The van der Waals surface area contributed by atoms with Gasteiger partial charge in [0.25, 0.3) is 5.91 Å². The lowest BCUT2D eigenvalue weighted by molar-refractivity contribution is 0.0951. The van der Waals surface area contributed by atoms with E-state index in [1.54, 1.807) is 29.5 Å². The fraction of sp³-hybridized carbons (Fsp3) is 0.0833. The van der Waals surface area contributed by atoms with Crippen LogP contribution in [0.4, 0.5) is 0 Å². The van der Waals surface area contributed by atoms with Gasteiger partial charge in [-0.2, -0.15) is 0 Å². The maximum atomic E-state index is 11.9. The summed E-state index contributed by atoms with van der Waals surface area (Å²) in [5, 5.41) is 5.65. The molecule has 0 saturated heterocycles. The zero-order valence-corrected chi connectivity index (χ0v) is 13.0. The van der Waals surface area contributed by atoms with E-state index in [1.807, 2.05) is 11.4 Å². The third-order valence-corrected chi connectivity index (χ3v) is 4.48. The Balaban J connectivity index is 2.05. The van der Waals surface area contributed by atoms with Gasteiger partial charge >= 0.3 is 0 Å². The number of nitrogens with one attached hydrogen (secondary N) is 1. The van der Waals surface area contributed by atoms with Crippen LogP contribution in [0.1, 0.15) is 15.2 Å². The van der Waals surface area contributed by atoms with Gasteiger partial charge in [0.2, 0.25) is 0 Å². The molecule has 6 heteroatoms. The molecule has 1 heterocycles. The van der Waals surface area contributed by atoms with Crippen molar-refractivity contribution in [1.29, 1.82) is 0 Å². The van der Waals surface area contributed by atoms with Crippen LogP contribution in [0.3, 0.4) is 0 Å². The minimum atomic E-state index is -0.230. The molecule has 0 fully saturated rings. The molecule has 2 nitrogen and oxygen atoms in total. The average Bonchev–Trinajstić information content (AvgIpc) is 2.75. The Bertz CT molecular complexity index is 585. The maximum Gasteiger partial charge on any atom is 0.253 e. The van der Waals surface area contributed by atoms with Gasteiger partial charge < -0.3 is 5.32 Å². The first-order chi connectivity index (χ1) is 8.56. The molecule has 1 aromatic heterocycles. The van der Waals surface area contributed by atoms with E-state index in [9.17, 15) is 4.79 Å². The highest BCUT2D eigenvalue weighted by atomic mass is 79.9. The van der Waals surface area contributed by atoms with Gasteiger partial charge in [0.15, 0.2) is 0 Å². The van der Waals surface area contributed by atoms with Crippen LogP contribution in [0.2, 0.25) is 10.0 Å². The Morgan fingerprint density at radius 2 is 2.11 bits per heavy atom. The topological polar surface area (TPSA) is 29.1 Å². The van der Waals surface area contributed by atoms with Gasteiger partial charge in [0.1, 0.15) is 0 Å². The summed E-state index contributed by atoms with van der Waals surface area (Å²) in [6, 6.07) is 6.78. The van der Waals surface area contributed by atoms with Crippen molar-refractivity contribution in [2.24, 2.45) is 0 Å². The summed E-state index contributed by atoms with van der Waals surface area (Å²) in [6.07, 6.45) is 0. The second-order valence-electron chi connectivity index (χ2n) is 3.54. The van der Waals surface area contributed by atoms with Crippen molar-refractivity contribution in [3.8, 4) is 0 Å². The molecule has 0 unspecified atom stereocenters. The van der Waals surface area contributed by atoms with Crippen LogP contribution in [-0.4, -0.2) is 5.91 Å². The van der Waals surface area contributed by atoms with Crippen molar-refractivity contribution in [1.82, 2.24) is 5.32 Å². The van der Waals surface area contributed by atoms with Crippen molar-refractivity contribution >= 4 is 56.4 Å². The largest absolute Gasteiger partial charge is 0.347 e. The van der Waals surface area contributed by atoms with E-state index < -0.39 is 0 Å². The van der Waals surface area contributed by atoms with Gasteiger partial charge in [0.05, 0.1) is 17.1 Å². The first-order valence-electron chi connectivity index (χ1n) is 5.02. The highest BCUT2D eigenvalue weighted by Gasteiger charge is 2.11. The van der Waals surface area contributed by atoms with Gasteiger partial charge in [0, 0.05) is 19.8 Å². The van der Waals surface area contributed by atoms with E-state index in [4.69, 9.17) is 23.2 Å². The Labute approximate surface area is 127 Å². The number of halogens is 3. The van der Waals surface area contributed by atoms with Gasteiger partial charge in [-0.15, -0.1) is 11.3 Å². The van der Waals surface area contributed by atoms with Crippen LogP contribution in [-0.2, 0) is 6.54 Å². The van der Waals surface area contributed by atoms with Crippen LogP contribution in [0, 0.1) is 0 Å². The number of thiophene rings is 1. The first-order valence-corrected chi connectivity index (χ1v) is 7.45. The minimum absolute atomic E-state index is 0.230. The molecule has 18 heavy (non-hydrogen) atoms. The Morgan fingerprint density at radius 1 is 1.33 bits per heavy atom. The second kappa shape index (κ2) is 6.06. The summed E-state index contributed by atoms with van der Waals surface area (Å²) in [5.41, 5.74) is 0.389. The number of amides is 1. The van der Waals surface area contributed by atoms with E-state index in [1.165, 1.54) is 0 Å². The molecule has 0 aliphatic rings. The van der Waals surface area contributed by atoms with Gasteiger partial charge in [-0.25, -0.2) is 0 Å². The molecule has 1 N–H and O–H groups in total. The number of rotatable bonds is 3. The van der Waals surface area contributed by atoms with Crippen molar-refractivity contribution in [3.63, 3.8) is 0 Å². The number of hydrogen-bond acceptors (Lipinski definition) is 2. The molecule has 0 bridgehead atoms. The molecule has 0 radical (unpaired) electrons. The molecule has 2 rings (SSSR count). The Hall–Kier alpha value is -0.550. The summed E-state index contributed by atoms with van der Waals surface area (Å²) >= 11 is 16.7. The van der Waals surface area contributed by atoms with Gasteiger partial charge in [-0.05, 0) is 40.2 Å². The number of carbonyl (C=O) groups is 1. The lowest BCUT2D eigenvalue weighted by Gasteiger charge is -2.06. The third-order valence-electron chi connectivity index (χ3n) is 2.22. The number of hydrogen-bond donors (Lipinski definition) is 1. The molecule has 1 aromatic carbocycles. The fourth-order valence-electron chi connectivity index (χ4n) is 1.38. The van der Waals surface area contributed by atoms with E-state index in [-0.39, 0.29) is 5.91 Å². The normalized spacial score (nSPS) is 10.4. The molecular formula is C12H8BrCl2NOS. The van der Waals surface area contributed by atoms with E-state index in [0.29, 0.717) is 22.2 Å². The highest BCUT2D eigenvalue weighted by molar-refractivity contribution is 9.10. The molecule has 1 amide bonds. The lowest BCUT2D eigenvalue weighted by Crippen LogP contribution is -2.22. The average molecular weight is 365 g/mol. The predicted octanol–water partition coefficient (Wildman–Crippen LogP) is 4.75. The standard InChI is InChI=1S/C12H8BrCl2NOS/c13-7-3-9(18-6-7)5-16-12(17)10-4-8(14)1-2-11(10)15/h1-4,6H,5H2,(H,16,17). The van der Waals surface area contributed by atoms with Crippen molar-refractivity contribution < 1.29 is 4.79 Å². The fourth-order valence-corrected chi connectivity index (χ4v) is 3.15. The predicted molar refractivity (Wildman–Crippen MR) is 79.7 cm³/mol. The van der Waals surface area contributed by atoms with Crippen molar-refractivity contribution in [2.45, 2.75) is 6.54 Å². The van der Waals surface area contributed by atoms with Crippen LogP contribution in [0.25, 0.3) is 0 Å². The van der Waals surface area contributed by atoms with Crippen molar-refractivity contribution in [3.05, 3.63) is 54.6 Å². The smallest absolute Gasteiger partial charge is 0.253 e. The van der Waals surface area contributed by atoms with E-state index >= 15 is 0 Å². The molecule has 0 saturated carbocycles. The lowest BCUT2D eigenvalue weighted by atomic mass is 10.2. The molecule has 94 valence electrons. The molecule has 0 aliphatic heterocycles. The molecule has 2 aromatic rings. The van der Waals surface area contributed by atoms with Crippen LogP contribution in [0.5, 0.6) is 0 Å². The summed E-state index contributed by atoms with van der Waals surface area (Å²) in [6.45, 7) is 0.470. The molecular weight excluding hydrogens is 357 g/mol. The summed E-state index contributed by atoms with van der Waals surface area (Å²) in [5.74, 6) is -0.230. The Morgan fingerprint density at radius 3 is 2.78 bits per heavy atom. The molecule has 0 aliphatic carbocycles. The van der Waals surface area contributed by atoms with Crippen LogP contribution < -0.4 is 5.32 Å². The van der Waals surface area contributed by atoms with Crippen molar-refractivity contribution in [2.75, 3.05) is 0 Å². The summed E-state index contributed by atoms with van der Waals surface area (Å²) < 4.78 is 1.01. The maximum absolute atomic E-state index is 11.9. The quantitative estimate of drug-likeness (QED) is 0.836. The van der Waals surface area contributed by atoms with E-state index in [0.717, 1.165) is 9.35 Å². The van der Waals surface area contributed by atoms with Gasteiger partial charge in [-0.3, -0.25) is 4.79 Å². The SMILES string of the molecule is O=C(NCc1cc(Br)cs1)c1cc(Cl)ccc1Cl. The molecule has 0 spiro atoms. The second-order valence-corrected chi connectivity index (χ2v) is 6.29. The first kappa shape index (κ1) is 13.9.